The topological polar surface area (TPSA) is 90.9 Å². The molecule has 0 fully saturated rings. The zero-order valence-corrected chi connectivity index (χ0v) is 12.5. The van der Waals surface area contributed by atoms with E-state index < -0.39 is 12.0 Å². The molecule has 2 atom stereocenters. The fourth-order valence-corrected chi connectivity index (χ4v) is 2.61. The first kappa shape index (κ1) is 14.3. The predicted octanol–water partition coefficient (Wildman–Crippen LogP) is 3.02. The Hall–Kier alpha value is -2.63. The highest BCUT2D eigenvalue weighted by atomic mass is 16.4. The van der Waals surface area contributed by atoms with Gasteiger partial charge in [0.1, 0.15) is 23.8 Å². The van der Waals surface area contributed by atoms with Crippen molar-refractivity contribution in [2.24, 2.45) is 5.92 Å². The Kier molecular flexibility index (Phi) is 3.66. The van der Waals surface area contributed by atoms with Crippen LogP contribution in [0, 0.1) is 5.92 Å². The number of rotatable bonds is 5. The first-order valence-electron chi connectivity index (χ1n) is 7.32. The molecule has 3 aromatic rings. The SMILES string of the molecule is CC[C@H](C)[C@H](Nc1ncnc2[nH]c3ccccc3c12)C(=O)O. The number of anilines is 1. The lowest BCUT2D eigenvalue weighted by Crippen LogP contribution is -2.35. The van der Waals surface area contributed by atoms with Crippen molar-refractivity contribution in [3.8, 4) is 0 Å². The van der Waals surface area contributed by atoms with Crippen LogP contribution in [0.5, 0.6) is 0 Å². The monoisotopic (exact) mass is 298 g/mol. The smallest absolute Gasteiger partial charge is 0.326 e. The Bertz CT molecular complexity index is 827. The summed E-state index contributed by atoms with van der Waals surface area (Å²) < 4.78 is 0. The summed E-state index contributed by atoms with van der Waals surface area (Å²) in [5, 5.41) is 14.3. The molecule has 0 aliphatic heterocycles. The number of para-hydroxylation sites is 1. The van der Waals surface area contributed by atoms with Crippen molar-refractivity contribution < 1.29 is 9.90 Å². The Morgan fingerprint density at radius 3 is 2.86 bits per heavy atom. The van der Waals surface area contributed by atoms with Gasteiger partial charge in [0, 0.05) is 10.9 Å². The molecule has 0 aliphatic rings. The maximum Gasteiger partial charge on any atom is 0.326 e. The van der Waals surface area contributed by atoms with Crippen molar-refractivity contribution in [1.82, 2.24) is 15.0 Å². The zero-order valence-electron chi connectivity index (χ0n) is 12.5. The van der Waals surface area contributed by atoms with E-state index in [4.69, 9.17) is 0 Å². The molecule has 0 saturated carbocycles. The van der Waals surface area contributed by atoms with Crippen LogP contribution in [0.3, 0.4) is 0 Å². The third kappa shape index (κ3) is 2.36. The van der Waals surface area contributed by atoms with Gasteiger partial charge in [-0.05, 0) is 12.0 Å². The van der Waals surface area contributed by atoms with Gasteiger partial charge in [-0.3, -0.25) is 0 Å². The minimum absolute atomic E-state index is 0.00674. The van der Waals surface area contributed by atoms with Crippen molar-refractivity contribution in [2.45, 2.75) is 26.3 Å². The molecule has 1 aromatic carbocycles. The number of nitrogens with zero attached hydrogens (tertiary/aromatic N) is 2. The summed E-state index contributed by atoms with van der Waals surface area (Å²) in [4.78, 5) is 23.3. The number of nitrogens with one attached hydrogen (secondary N) is 2. The van der Waals surface area contributed by atoms with Crippen LogP contribution in [0.1, 0.15) is 20.3 Å². The molecule has 114 valence electrons. The van der Waals surface area contributed by atoms with E-state index in [1.807, 2.05) is 38.1 Å². The molecule has 22 heavy (non-hydrogen) atoms. The average molecular weight is 298 g/mol. The average Bonchev–Trinajstić information content (AvgIpc) is 2.90. The van der Waals surface area contributed by atoms with Gasteiger partial charge in [-0.2, -0.15) is 0 Å². The number of carbonyl (C=O) groups is 1. The normalized spacial score (nSPS) is 14.1. The van der Waals surface area contributed by atoms with Gasteiger partial charge in [0.15, 0.2) is 0 Å². The molecule has 3 rings (SSSR count). The van der Waals surface area contributed by atoms with Gasteiger partial charge in [-0.25, -0.2) is 14.8 Å². The molecule has 0 amide bonds. The van der Waals surface area contributed by atoms with Crippen molar-refractivity contribution in [2.75, 3.05) is 5.32 Å². The van der Waals surface area contributed by atoms with Crippen LogP contribution in [0.4, 0.5) is 5.82 Å². The summed E-state index contributed by atoms with van der Waals surface area (Å²) in [6.07, 6.45) is 2.21. The third-order valence-corrected chi connectivity index (χ3v) is 4.07. The second-order valence-electron chi connectivity index (χ2n) is 5.46. The maximum absolute atomic E-state index is 11.5. The largest absolute Gasteiger partial charge is 0.480 e. The second-order valence-corrected chi connectivity index (χ2v) is 5.46. The number of carboxylic acid groups (broad SMARTS) is 1. The highest BCUT2D eigenvalue weighted by molar-refractivity contribution is 6.11. The molecular formula is C16H18N4O2. The van der Waals surface area contributed by atoms with E-state index >= 15 is 0 Å². The van der Waals surface area contributed by atoms with Gasteiger partial charge in [0.25, 0.3) is 0 Å². The number of benzene rings is 1. The predicted molar refractivity (Wildman–Crippen MR) is 85.9 cm³/mol. The molecule has 6 heteroatoms. The Morgan fingerprint density at radius 2 is 2.14 bits per heavy atom. The highest BCUT2D eigenvalue weighted by Crippen LogP contribution is 2.29. The van der Waals surface area contributed by atoms with Crippen LogP contribution in [-0.2, 0) is 4.79 Å². The lowest BCUT2D eigenvalue weighted by atomic mass is 9.99. The first-order valence-corrected chi connectivity index (χ1v) is 7.32. The Labute approximate surface area is 127 Å². The van der Waals surface area contributed by atoms with Crippen LogP contribution < -0.4 is 5.32 Å². The van der Waals surface area contributed by atoms with Crippen molar-refractivity contribution >= 4 is 33.7 Å². The molecule has 0 bridgehead atoms. The zero-order chi connectivity index (χ0) is 15.7. The fraction of sp³-hybridized carbons (Fsp3) is 0.312. The maximum atomic E-state index is 11.5. The number of aliphatic carboxylic acids is 1. The van der Waals surface area contributed by atoms with Crippen molar-refractivity contribution in [3.63, 3.8) is 0 Å². The summed E-state index contributed by atoms with van der Waals surface area (Å²) in [7, 11) is 0. The number of aromatic amines is 1. The summed E-state index contributed by atoms with van der Waals surface area (Å²) in [5.41, 5.74) is 1.66. The van der Waals surface area contributed by atoms with Crippen molar-refractivity contribution in [3.05, 3.63) is 30.6 Å². The molecule has 6 nitrogen and oxygen atoms in total. The lowest BCUT2D eigenvalue weighted by molar-refractivity contribution is -0.139. The Balaban J connectivity index is 2.12. The number of hydrogen-bond donors (Lipinski definition) is 3. The minimum atomic E-state index is -0.874. The highest BCUT2D eigenvalue weighted by Gasteiger charge is 2.25. The summed E-state index contributed by atoms with van der Waals surface area (Å²) in [5.74, 6) is -0.330. The summed E-state index contributed by atoms with van der Waals surface area (Å²) in [6.45, 7) is 3.89. The van der Waals surface area contributed by atoms with Gasteiger partial charge in [-0.1, -0.05) is 38.5 Å². The number of hydrogen-bond acceptors (Lipinski definition) is 4. The summed E-state index contributed by atoms with van der Waals surface area (Å²) in [6, 6.07) is 7.13. The van der Waals surface area contributed by atoms with Gasteiger partial charge in [-0.15, -0.1) is 0 Å². The van der Waals surface area contributed by atoms with E-state index in [-0.39, 0.29) is 5.92 Å². The van der Waals surface area contributed by atoms with Crippen LogP contribution >= 0.6 is 0 Å². The van der Waals surface area contributed by atoms with Gasteiger partial charge < -0.3 is 15.4 Å². The number of aromatic nitrogens is 3. The molecule has 2 heterocycles. The van der Waals surface area contributed by atoms with Crippen molar-refractivity contribution in [1.29, 1.82) is 0 Å². The Morgan fingerprint density at radius 1 is 1.36 bits per heavy atom. The van der Waals surface area contributed by atoms with E-state index in [9.17, 15) is 9.90 Å². The van der Waals surface area contributed by atoms with Gasteiger partial charge >= 0.3 is 5.97 Å². The van der Waals surface area contributed by atoms with E-state index in [1.54, 1.807) is 0 Å². The summed E-state index contributed by atoms with van der Waals surface area (Å²) >= 11 is 0. The minimum Gasteiger partial charge on any atom is -0.480 e. The van der Waals surface area contributed by atoms with Gasteiger partial charge in [0.05, 0.1) is 5.39 Å². The number of fused-ring (bicyclic) bond motifs is 3. The lowest BCUT2D eigenvalue weighted by Gasteiger charge is -2.20. The molecule has 0 saturated heterocycles. The van der Waals surface area contributed by atoms with E-state index in [2.05, 4.69) is 20.3 Å². The third-order valence-electron chi connectivity index (χ3n) is 4.07. The van der Waals surface area contributed by atoms with Gasteiger partial charge in [0.2, 0.25) is 0 Å². The molecule has 0 spiro atoms. The molecule has 0 radical (unpaired) electrons. The number of H-pyrrole nitrogens is 1. The molecule has 2 aromatic heterocycles. The van der Waals surface area contributed by atoms with E-state index in [1.165, 1.54) is 6.33 Å². The van der Waals surface area contributed by atoms with Crippen LogP contribution in [-0.4, -0.2) is 32.1 Å². The molecule has 0 aliphatic carbocycles. The van der Waals surface area contributed by atoms with Crippen LogP contribution in [0.2, 0.25) is 0 Å². The quantitative estimate of drug-likeness (QED) is 0.673. The molecular weight excluding hydrogens is 280 g/mol. The molecule has 0 unspecified atom stereocenters. The van der Waals surface area contributed by atoms with E-state index in [0.29, 0.717) is 11.5 Å². The second kappa shape index (κ2) is 5.63. The fourth-order valence-electron chi connectivity index (χ4n) is 2.61. The van der Waals surface area contributed by atoms with Crippen LogP contribution in [0.25, 0.3) is 21.9 Å². The van der Waals surface area contributed by atoms with E-state index in [0.717, 1.165) is 22.7 Å². The number of carboxylic acids is 1. The first-order chi connectivity index (χ1) is 10.6. The standard InChI is InChI=1S/C16H18N4O2/c1-3-9(2)13(16(21)22)20-15-12-10-6-4-5-7-11(10)19-14(12)17-8-18-15/h4-9,13H,3H2,1-2H3,(H,21,22)(H2,17,18,19,20)/t9-,13-/m0/s1. The van der Waals surface area contributed by atoms with Crippen LogP contribution in [0.15, 0.2) is 30.6 Å². The molecule has 3 N–H and O–H groups in total.